The molecule has 3 aliphatic heterocycles. The lowest BCUT2D eigenvalue weighted by molar-refractivity contribution is 0.632. The molecule has 4 heteroatoms. The van der Waals surface area contributed by atoms with E-state index in [2.05, 4.69) is 144 Å². The van der Waals surface area contributed by atoms with Crippen molar-refractivity contribution in [1.29, 1.82) is 0 Å². The molecule has 6 aromatic rings. The van der Waals surface area contributed by atoms with Gasteiger partial charge in [-0.15, -0.1) is 0 Å². The van der Waals surface area contributed by atoms with Crippen molar-refractivity contribution in [2.24, 2.45) is 0 Å². The van der Waals surface area contributed by atoms with Gasteiger partial charge >= 0.3 is 0 Å². The lowest BCUT2D eigenvalue weighted by Crippen LogP contribution is -2.62. The quantitative estimate of drug-likeness (QED) is 0.155. The highest BCUT2D eigenvalue weighted by Gasteiger charge is 2.48. The average Bonchev–Trinajstić information content (AvgIpc) is 3.07. The van der Waals surface area contributed by atoms with Crippen LogP contribution in [0.15, 0.2) is 133 Å². The van der Waals surface area contributed by atoms with Crippen LogP contribution in [-0.2, 0) is 5.41 Å². The summed E-state index contributed by atoms with van der Waals surface area (Å²) in [6, 6.07) is 48.1. The first-order chi connectivity index (χ1) is 21.6. The van der Waals surface area contributed by atoms with E-state index in [1.165, 1.54) is 56.0 Å². The van der Waals surface area contributed by atoms with Crippen LogP contribution in [0.5, 0.6) is 0 Å². The smallest absolute Gasteiger partial charge is 0.252 e. The predicted molar refractivity (Wildman–Crippen MR) is 184 cm³/mol. The Hall–Kier alpha value is -5.53. The molecule has 0 spiro atoms. The summed E-state index contributed by atoms with van der Waals surface area (Å²) in [6.07, 6.45) is 0. The third kappa shape index (κ3) is 3.27. The summed E-state index contributed by atoms with van der Waals surface area (Å²) in [5.74, 6) is 0. The Morgan fingerprint density at radius 1 is 0.568 bits per heavy atom. The Bertz CT molecular complexity index is 2190. The van der Waals surface area contributed by atoms with Crippen molar-refractivity contribution < 1.29 is 0 Å². The van der Waals surface area contributed by atoms with E-state index < -0.39 is 0 Å². The van der Waals surface area contributed by atoms with Gasteiger partial charge in [0.15, 0.2) is 5.69 Å². The van der Waals surface area contributed by atoms with Crippen molar-refractivity contribution in [3.05, 3.63) is 156 Å². The molecule has 0 atom stereocenters. The fourth-order valence-electron chi connectivity index (χ4n) is 7.87. The van der Waals surface area contributed by atoms with Crippen LogP contribution in [0.1, 0.15) is 25.0 Å². The number of anilines is 6. The van der Waals surface area contributed by atoms with Crippen LogP contribution in [0.4, 0.5) is 39.8 Å². The first-order valence-corrected chi connectivity index (χ1v) is 15.2. The third-order valence-electron chi connectivity index (χ3n) is 9.81. The van der Waals surface area contributed by atoms with Gasteiger partial charge in [0.25, 0.3) is 6.71 Å². The summed E-state index contributed by atoms with van der Waals surface area (Å²) >= 11 is 0. The van der Waals surface area contributed by atoms with Crippen LogP contribution >= 0.6 is 0 Å². The Balaban J connectivity index is 1.45. The fourth-order valence-corrected chi connectivity index (χ4v) is 7.87. The molecule has 3 heterocycles. The third-order valence-corrected chi connectivity index (χ3v) is 9.81. The van der Waals surface area contributed by atoms with E-state index in [0.717, 1.165) is 16.8 Å². The normalized spacial score (nSPS) is 14.6. The van der Waals surface area contributed by atoms with Gasteiger partial charge in [-0.25, -0.2) is 4.85 Å². The van der Waals surface area contributed by atoms with E-state index in [0.29, 0.717) is 5.69 Å². The van der Waals surface area contributed by atoms with Gasteiger partial charge in [-0.3, -0.25) is 0 Å². The van der Waals surface area contributed by atoms with Crippen LogP contribution in [-0.4, -0.2) is 6.71 Å². The molecule has 0 N–H and O–H groups in total. The Kier molecular flexibility index (Phi) is 5.11. The number of fused-ring (bicyclic) bond motifs is 6. The zero-order chi connectivity index (χ0) is 29.6. The standard InChI is InChI=1S/C40H28BN3/c1-40(2)30-17-7-9-21-34(30)44-37-25-27(26-13-11-14-28(23-26)42-3)24-36-38(37)41(33-20-12-18-31(40)39(33)44)32-19-8-10-22-35(32)43(36)29-15-5-4-6-16-29/h4-25H,1-2H3. The first kappa shape index (κ1) is 25.0. The average molecular weight is 561 g/mol. The minimum Gasteiger partial charge on any atom is -0.311 e. The Morgan fingerprint density at radius 2 is 1.23 bits per heavy atom. The molecule has 0 saturated heterocycles. The van der Waals surface area contributed by atoms with Crippen molar-refractivity contribution >= 4 is 62.9 Å². The van der Waals surface area contributed by atoms with Gasteiger partial charge in [-0.2, -0.15) is 0 Å². The second-order valence-electron chi connectivity index (χ2n) is 12.5. The molecule has 0 aromatic heterocycles. The lowest BCUT2D eigenvalue weighted by atomic mass is 9.33. The zero-order valence-corrected chi connectivity index (χ0v) is 24.6. The van der Waals surface area contributed by atoms with Crippen LogP contribution in [0.25, 0.3) is 16.0 Å². The van der Waals surface area contributed by atoms with E-state index in [-0.39, 0.29) is 12.1 Å². The lowest BCUT2D eigenvalue weighted by Gasteiger charge is -2.49. The van der Waals surface area contributed by atoms with Crippen LogP contribution in [0, 0.1) is 6.57 Å². The van der Waals surface area contributed by atoms with Gasteiger partial charge in [-0.05, 0) is 81.1 Å². The Morgan fingerprint density at radius 3 is 2.05 bits per heavy atom. The SMILES string of the molecule is [C-]#[N+]c1cccc(-c2cc3c4c(c2)N2c5ccccc5C(C)(C)c5cccc(c52)B4c2ccccc2N3c2ccccc2)c1. The summed E-state index contributed by atoms with van der Waals surface area (Å²) in [7, 11) is 0. The van der Waals surface area contributed by atoms with Crippen molar-refractivity contribution in [1.82, 2.24) is 0 Å². The summed E-state index contributed by atoms with van der Waals surface area (Å²) in [6.45, 7) is 12.5. The number of hydrogen-bond acceptors (Lipinski definition) is 2. The highest BCUT2D eigenvalue weighted by Crippen LogP contribution is 2.54. The molecule has 44 heavy (non-hydrogen) atoms. The van der Waals surface area contributed by atoms with E-state index >= 15 is 0 Å². The Labute approximate surface area is 258 Å². The van der Waals surface area contributed by atoms with Gasteiger partial charge in [0.2, 0.25) is 0 Å². The fraction of sp³-hybridized carbons (Fsp3) is 0.0750. The maximum absolute atomic E-state index is 7.70. The summed E-state index contributed by atoms with van der Waals surface area (Å²) in [5, 5.41) is 0. The molecular formula is C40H28BN3. The summed E-state index contributed by atoms with van der Waals surface area (Å²) in [5.41, 5.74) is 16.6. The van der Waals surface area contributed by atoms with Crippen LogP contribution in [0.2, 0.25) is 0 Å². The van der Waals surface area contributed by atoms with Crippen molar-refractivity contribution in [3.8, 4) is 11.1 Å². The molecule has 3 nitrogen and oxygen atoms in total. The maximum atomic E-state index is 7.70. The molecule has 0 unspecified atom stereocenters. The summed E-state index contributed by atoms with van der Waals surface area (Å²) in [4.78, 5) is 8.72. The van der Waals surface area contributed by atoms with E-state index in [1.54, 1.807) is 0 Å². The molecule has 206 valence electrons. The zero-order valence-electron chi connectivity index (χ0n) is 24.6. The molecule has 3 aliphatic rings. The molecule has 0 aliphatic carbocycles. The molecule has 0 saturated carbocycles. The largest absolute Gasteiger partial charge is 0.311 e. The van der Waals surface area contributed by atoms with Gasteiger partial charge in [0.1, 0.15) is 0 Å². The number of hydrogen-bond donors (Lipinski definition) is 0. The monoisotopic (exact) mass is 561 g/mol. The first-order valence-electron chi connectivity index (χ1n) is 15.2. The minimum atomic E-state index is -0.148. The van der Waals surface area contributed by atoms with Gasteiger partial charge in [-0.1, -0.05) is 105 Å². The topological polar surface area (TPSA) is 10.8 Å². The van der Waals surface area contributed by atoms with Gasteiger partial charge in [0, 0.05) is 33.9 Å². The number of rotatable bonds is 2. The van der Waals surface area contributed by atoms with Crippen molar-refractivity contribution in [3.63, 3.8) is 0 Å². The number of nitrogens with zero attached hydrogens (tertiary/aromatic N) is 3. The second-order valence-corrected chi connectivity index (χ2v) is 12.5. The molecule has 0 fully saturated rings. The highest BCUT2D eigenvalue weighted by atomic mass is 15.2. The molecule has 6 aromatic carbocycles. The number of para-hydroxylation sites is 4. The van der Waals surface area contributed by atoms with E-state index in [1.807, 2.05) is 18.2 Å². The van der Waals surface area contributed by atoms with Gasteiger partial charge in [0.05, 0.1) is 12.3 Å². The molecular weight excluding hydrogens is 533 g/mol. The van der Waals surface area contributed by atoms with E-state index in [4.69, 9.17) is 6.57 Å². The molecule has 0 bridgehead atoms. The van der Waals surface area contributed by atoms with Crippen molar-refractivity contribution in [2.75, 3.05) is 9.80 Å². The summed E-state index contributed by atoms with van der Waals surface area (Å²) < 4.78 is 0. The predicted octanol–water partition coefficient (Wildman–Crippen LogP) is 8.63. The molecule has 9 rings (SSSR count). The highest BCUT2D eigenvalue weighted by molar-refractivity contribution is 7.00. The van der Waals surface area contributed by atoms with Crippen LogP contribution < -0.4 is 26.2 Å². The van der Waals surface area contributed by atoms with E-state index in [9.17, 15) is 0 Å². The second kappa shape index (κ2) is 8.99. The van der Waals surface area contributed by atoms with Crippen LogP contribution in [0.3, 0.4) is 0 Å². The van der Waals surface area contributed by atoms with Gasteiger partial charge < -0.3 is 9.80 Å². The maximum Gasteiger partial charge on any atom is 0.252 e. The molecule has 0 radical (unpaired) electrons. The number of benzene rings is 6. The van der Waals surface area contributed by atoms with Crippen molar-refractivity contribution in [2.45, 2.75) is 19.3 Å². The minimum absolute atomic E-state index is 0.0899. The molecule has 0 amide bonds.